The Balaban J connectivity index is 3.82. The van der Waals surface area contributed by atoms with Crippen LogP contribution in [-0.2, 0) is 4.43 Å². The summed E-state index contributed by atoms with van der Waals surface area (Å²) in [6.07, 6.45) is 13.1. The molecular weight excluding hydrogens is 363 g/mol. The molecule has 1 atom stereocenters. The average Bonchev–Trinajstić information content (AvgIpc) is 2.37. The maximum atomic E-state index is 6.21. The zero-order chi connectivity index (χ0) is 14.6. The van der Waals surface area contributed by atoms with Crippen LogP contribution in [-0.4, -0.2) is 14.4 Å². The Morgan fingerprint density at radius 1 is 1.16 bits per heavy atom. The SMILES string of the molecule is C=CCC(CCCCCC/C=C\I)O[Si](C)(C)C=C. The minimum atomic E-state index is -1.66. The smallest absolute Gasteiger partial charge is 0.210 e. The molecule has 0 aliphatic heterocycles. The number of hydrogen-bond acceptors (Lipinski definition) is 1. The lowest BCUT2D eigenvalue weighted by Gasteiger charge is -2.26. The average molecular weight is 392 g/mol. The van der Waals surface area contributed by atoms with Crippen molar-refractivity contribution in [3.05, 3.63) is 35.1 Å². The van der Waals surface area contributed by atoms with E-state index in [0.29, 0.717) is 6.10 Å². The van der Waals surface area contributed by atoms with Crippen molar-refractivity contribution in [3.8, 4) is 0 Å². The highest BCUT2D eigenvalue weighted by atomic mass is 127. The topological polar surface area (TPSA) is 9.23 Å². The molecule has 0 radical (unpaired) electrons. The third kappa shape index (κ3) is 11.6. The van der Waals surface area contributed by atoms with E-state index in [0.717, 1.165) is 12.8 Å². The summed E-state index contributed by atoms with van der Waals surface area (Å²) in [5.74, 6) is 0. The molecule has 0 aliphatic rings. The molecule has 0 fully saturated rings. The Kier molecular flexibility index (Phi) is 12.0. The summed E-state index contributed by atoms with van der Waals surface area (Å²) in [4.78, 5) is 0. The van der Waals surface area contributed by atoms with Gasteiger partial charge in [-0.3, -0.25) is 0 Å². The molecule has 0 aromatic carbocycles. The predicted molar refractivity (Wildman–Crippen MR) is 98.2 cm³/mol. The fraction of sp³-hybridized carbons (Fsp3) is 0.625. The third-order valence-electron chi connectivity index (χ3n) is 3.13. The summed E-state index contributed by atoms with van der Waals surface area (Å²) in [5.41, 5.74) is 2.01. The van der Waals surface area contributed by atoms with Crippen LogP contribution in [0, 0.1) is 0 Å². The number of unbranched alkanes of at least 4 members (excludes halogenated alkanes) is 4. The molecule has 0 aromatic rings. The van der Waals surface area contributed by atoms with E-state index in [1.54, 1.807) is 0 Å². The van der Waals surface area contributed by atoms with Crippen molar-refractivity contribution in [1.82, 2.24) is 0 Å². The quantitative estimate of drug-likeness (QED) is 0.167. The van der Waals surface area contributed by atoms with Crippen LogP contribution < -0.4 is 0 Å². The maximum Gasteiger partial charge on any atom is 0.210 e. The van der Waals surface area contributed by atoms with Crippen LogP contribution in [0.25, 0.3) is 0 Å². The van der Waals surface area contributed by atoms with E-state index >= 15 is 0 Å². The zero-order valence-electron chi connectivity index (χ0n) is 12.5. The summed E-state index contributed by atoms with van der Waals surface area (Å²) in [6, 6.07) is 0. The lowest BCUT2D eigenvalue weighted by molar-refractivity contribution is 0.185. The van der Waals surface area contributed by atoms with Crippen molar-refractivity contribution < 1.29 is 4.43 Å². The maximum absolute atomic E-state index is 6.21. The Morgan fingerprint density at radius 2 is 1.84 bits per heavy atom. The number of hydrogen-bond donors (Lipinski definition) is 0. The monoisotopic (exact) mass is 392 g/mol. The van der Waals surface area contributed by atoms with Gasteiger partial charge in [-0.15, -0.1) is 13.2 Å². The van der Waals surface area contributed by atoms with Crippen LogP contribution in [0.1, 0.15) is 44.9 Å². The molecule has 3 heteroatoms. The van der Waals surface area contributed by atoms with Crippen LogP contribution in [0.15, 0.2) is 35.1 Å². The highest BCUT2D eigenvalue weighted by Gasteiger charge is 2.22. The van der Waals surface area contributed by atoms with Gasteiger partial charge >= 0.3 is 0 Å². The Labute approximate surface area is 134 Å². The lowest BCUT2D eigenvalue weighted by Crippen LogP contribution is -2.33. The van der Waals surface area contributed by atoms with E-state index in [-0.39, 0.29) is 0 Å². The molecule has 0 spiro atoms. The summed E-state index contributed by atoms with van der Waals surface area (Å²) in [6.45, 7) is 12.1. The molecule has 110 valence electrons. The molecule has 0 bridgehead atoms. The van der Waals surface area contributed by atoms with Gasteiger partial charge in [-0.2, -0.15) is 0 Å². The summed E-state index contributed by atoms with van der Waals surface area (Å²) in [5, 5.41) is 0. The van der Waals surface area contributed by atoms with Gasteiger partial charge in [-0.1, -0.05) is 59.7 Å². The van der Waals surface area contributed by atoms with Crippen molar-refractivity contribution in [1.29, 1.82) is 0 Å². The van der Waals surface area contributed by atoms with Crippen LogP contribution in [0.2, 0.25) is 13.1 Å². The normalized spacial score (nSPS) is 13.6. The third-order valence-corrected chi connectivity index (χ3v) is 5.56. The van der Waals surface area contributed by atoms with Gasteiger partial charge in [0.1, 0.15) is 0 Å². The van der Waals surface area contributed by atoms with Crippen molar-refractivity contribution in [2.45, 2.75) is 64.1 Å². The summed E-state index contributed by atoms with van der Waals surface area (Å²) < 4.78 is 8.31. The van der Waals surface area contributed by atoms with Crippen molar-refractivity contribution in [2.24, 2.45) is 0 Å². The summed E-state index contributed by atoms with van der Waals surface area (Å²) in [7, 11) is -1.66. The first-order valence-corrected chi connectivity index (χ1v) is 11.5. The first kappa shape index (κ1) is 19.1. The molecule has 0 saturated carbocycles. The molecule has 0 saturated heterocycles. The predicted octanol–water partition coefficient (Wildman–Crippen LogP) is 6.17. The molecule has 19 heavy (non-hydrogen) atoms. The van der Waals surface area contributed by atoms with Gasteiger partial charge < -0.3 is 4.43 Å². The fourth-order valence-corrected chi connectivity index (χ4v) is 3.47. The van der Waals surface area contributed by atoms with Crippen molar-refractivity contribution in [2.75, 3.05) is 0 Å². The Hall–Kier alpha value is 0.127. The standard InChI is InChI=1S/C16H29IOSi/c1-5-13-16(18-19(3,4)6-2)14-11-9-7-8-10-12-15-17/h5-6,12,15-16H,1-2,7-11,13-14H2,3-4H3/b15-12-. The zero-order valence-corrected chi connectivity index (χ0v) is 15.7. The van der Waals surface area contributed by atoms with Crippen LogP contribution in [0.4, 0.5) is 0 Å². The van der Waals surface area contributed by atoms with E-state index in [2.05, 4.69) is 59.0 Å². The molecule has 0 aliphatic carbocycles. The fourth-order valence-electron chi connectivity index (χ4n) is 1.94. The van der Waals surface area contributed by atoms with E-state index in [9.17, 15) is 0 Å². The molecule has 1 nitrogen and oxygen atoms in total. The molecule has 0 amide bonds. The minimum absolute atomic E-state index is 0.339. The lowest BCUT2D eigenvalue weighted by atomic mass is 10.1. The van der Waals surface area contributed by atoms with Gasteiger partial charge in [0.25, 0.3) is 0 Å². The second-order valence-corrected chi connectivity index (χ2v) is 10.00. The number of rotatable bonds is 12. The van der Waals surface area contributed by atoms with Gasteiger partial charge in [-0.05, 0) is 42.9 Å². The van der Waals surface area contributed by atoms with Crippen molar-refractivity contribution in [3.63, 3.8) is 0 Å². The van der Waals surface area contributed by atoms with E-state index in [1.807, 2.05) is 11.8 Å². The van der Waals surface area contributed by atoms with Crippen LogP contribution >= 0.6 is 22.6 Å². The molecular formula is C16H29IOSi. The molecule has 0 aromatic heterocycles. The first-order chi connectivity index (χ1) is 9.05. The molecule has 0 rings (SSSR count). The van der Waals surface area contributed by atoms with Crippen LogP contribution in [0.3, 0.4) is 0 Å². The first-order valence-electron chi connectivity index (χ1n) is 7.23. The molecule has 1 unspecified atom stereocenters. The van der Waals surface area contributed by atoms with Crippen molar-refractivity contribution >= 4 is 30.9 Å². The second-order valence-electron chi connectivity index (χ2n) is 5.43. The van der Waals surface area contributed by atoms with Gasteiger partial charge in [0.05, 0.1) is 0 Å². The number of allylic oxidation sites excluding steroid dienone is 1. The highest BCUT2D eigenvalue weighted by molar-refractivity contribution is 14.1. The van der Waals surface area contributed by atoms with E-state index in [4.69, 9.17) is 4.43 Å². The number of halogens is 1. The van der Waals surface area contributed by atoms with E-state index in [1.165, 1.54) is 32.1 Å². The molecule has 0 heterocycles. The molecule has 0 N–H and O–H groups in total. The second kappa shape index (κ2) is 11.9. The van der Waals surface area contributed by atoms with Gasteiger partial charge in [0, 0.05) is 6.10 Å². The minimum Gasteiger partial charge on any atom is -0.410 e. The van der Waals surface area contributed by atoms with E-state index < -0.39 is 8.32 Å². The highest BCUT2D eigenvalue weighted by Crippen LogP contribution is 2.18. The van der Waals surface area contributed by atoms with Gasteiger partial charge in [0.15, 0.2) is 0 Å². The summed E-state index contributed by atoms with van der Waals surface area (Å²) >= 11 is 2.28. The Bertz CT molecular complexity index is 274. The Morgan fingerprint density at radius 3 is 2.42 bits per heavy atom. The van der Waals surface area contributed by atoms with Gasteiger partial charge in [-0.25, -0.2) is 0 Å². The van der Waals surface area contributed by atoms with Gasteiger partial charge in [0.2, 0.25) is 8.32 Å². The largest absolute Gasteiger partial charge is 0.410 e. The van der Waals surface area contributed by atoms with Crippen LogP contribution in [0.5, 0.6) is 0 Å².